The molecule has 0 aliphatic carbocycles. The van der Waals surface area contributed by atoms with Crippen LogP contribution in [0.1, 0.15) is 5.56 Å². The summed E-state index contributed by atoms with van der Waals surface area (Å²) in [5, 5.41) is 19.3. The van der Waals surface area contributed by atoms with Crippen LogP contribution in [0.5, 0.6) is 0 Å². The summed E-state index contributed by atoms with van der Waals surface area (Å²) in [5.41, 5.74) is 10.4. The molecule has 0 radical (unpaired) electrons. The molecule has 3 aromatic heterocycles. The molecule has 4 heterocycles. The molecule has 1 saturated heterocycles. The summed E-state index contributed by atoms with van der Waals surface area (Å²) in [7, 11) is 0. The molecule has 0 bridgehead atoms. The Morgan fingerprint density at radius 3 is 2.71 bits per heavy atom. The summed E-state index contributed by atoms with van der Waals surface area (Å²) >= 11 is 1.60. The number of thiophene rings is 1. The van der Waals surface area contributed by atoms with Crippen molar-refractivity contribution in [2.45, 2.75) is 6.92 Å². The van der Waals surface area contributed by atoms with Gasteiger partial charge in [-0.1, -0.05) is 0 Å². The lowest BCUT2D eigenvalue weighted by atomic mass is 10.1. The van der Waals surface area contributed by atoms with Crippen LogP contribution in [0.4, 0.5) is 15.9 Å². The maximum atomic E-state index is 15.5. The Morgan fingerprint density at radius 2 is 1.94 bits per heavy atom. The highest BCUT2D eigenvalue weighted by atomic mass is 32.1. The molecular weight excluding hydrogens is 415 g/mol. The zero-order valence-corrected chi connectivity index (χ0v) is 17.7. The number of nitrogens with two attached hydrogens (primary N) is 1. The van der Waals surface area contributed by atoms with Crippen LogP contribution >= 0.6 is 11.3 Å². The van der Waals surface area contributed by atoms with Crippen molar-refractivity contribution in [3.63, 3.8) is 0 Å². The van der Waals surface area contributed by atoms with E-state index in [1.807, 2.05) is 29.0 Å². The summed E-state index contributed by atoms with van der Waals surface area (Å²) in [6.07, 6.45) is 1.71. The normalized spacial score (nSPS) is 14.2. The van der Waals surface area contributed by atoms with Gasteiger partial charge in [0.1, 0.15) is 11.5 Å². The van der Waals surface area contributed by atoms with Crippen molar-refractivity contribution in [1.82, 2.24) is 30.5 Å². The van der Waals surface area contributed by atoms with Crippen LogP contribution in [0, 0.1) is 12.7 Å². The summed E-state index contributed by atoms with van der Waals surface area (Å²) in [4.78, 5) is 6.49. The average molecular weight is 437 g/mol. The predicted molar refractivity (Wildman–Crippen MR) is 120 cm³/mol. The standard InChI is InChI=1S/C21H21FN8S/c1-13-17(29-7-5-24-6-8-29)2-3-18(19(13)22)30-21(26-27-28-30)16-10-15(11-25-20(16)23)14-4-9-31-12-14/h2-4,9-12,24H,5-8H2,1H3,(H2,23,25). The topological polar surface area (TPSA) is 97.8 Å². The van der Waals surface area contributed by atoms with E-state index in [0.717, 1.165) is 43.0 Å². The van der Waals surface area contributed by atoms with Gasteiger partial charge in [0.05, 0.1) is 5.56 Å². The van der Waals surface area contributed by atoms with Crippen LogP contribution in [-0.4, -0.2) is 51.4 Å². The van der Waals surface area contributed by atoms with Gasteiger partial charge in [0.15, 0.2) is 11.6 Å². The van der Waals surface area contributed by atoms with Crippen molar-refractivity contribution < 1.29 is 4.39 Å². The molecule has 4 aromatic rings. The average Bonchev–Trinajstić information content (AvgIpc) is 3.49. The number of nitrogen functional groups attached to an aromatic ring is 1. The summed E-state index contributed by atoms with van der Waals surface area (Å²) in [6, 6.07) is 7.52. The number of halogens is 1. The molecule has 0 saturated carbocycles. The van der Waals surface area contributed by atoms with Gasteiger partial charge in [0, 0.05) is 49.2 Å². The quantitative estimate of drug-likeness (QED) is 0.508. The third-order valence-electron chi connectivity index (χ3n) is 5.51. The molecular formula is C21H21FN8S. The number of piperazine rings is 1. The van der Waals surface area contributed by atoms with Crippen LogP contribution in [0.3, 0.4) is 0 Å². The highest BCUT2D eigenvalue weighted by Crippen LogP contribution is 2.32. The van der Waals surface area contributed by atoms with E-state index >= 15 is 4.39 Å². The molecule has 31 heavy (non-hydrogen) atoms. The van der Waals surface area contributed by atoms with Crippen LogP contribution in [0.2, 0.25) is 0 Å². The summed E-state index contributed by atoms with van der Waals surface area (Å²) in [6.45, 7) is 5.23. The fourth-order valence-corrected chi connectivity index (χ4v) is 4.50. The number of nitrogens with one attached hydrogen (secondary N) is 1. The molecule has 1 aromatic carbocycles. The van der Waals surface area contributed by atoms with Gasteiger partial charge in [0.2, 0.25) is 0 Å². The minimum atomic E-state index is -0.356. The van der Waals surface area contributed by atoms with Crippen LogP contribution in [0.15, 0.2) is 41.2 Å². The largest absolute Gasteiger partial charge is 0.383 e. The second kappa shape index (κ2) is 8.05. The van der Waals surface area contributed by atoms with Gasteiger partial charge < -0.3 is 16.0 Å². The van der Waals surface area contributed by atoms with Gasteiger partial charge in [-0.05, 0) is 57.9 Å². The number of anilines is 2. The van der Waals surface area contributed by atoms with E-state index in [1.165, 1.54) is 4.68 Å². The van der Waals surface area contributed by atoms with E-state index in [4.69, 9.17) is 5.73 Å². The zero-order chi connectivity index (χ0) is 21.4. The van der Waals surface area contributed by atoms with Crippen molar-refractivity contribution in [3.8, 4) is 28.2 Å². The van der Waals surface area contributed by atoms with Gasteiger partial charge >= 0.3 is 0 Å². The summed E-state index contributed by atoms with van der Waals surface area (Å²) in [5.74, 6) is 0.269. The SMILES string of the molecule is Cc1c(N2CCNCC2)ccc(-n2nnnc2-c2cc(-c3ccsc3)cnc2N)c1F. The van der Waals surface area contributed by atoms with Gasteiger partial charge in [0.25, 0.3) is 0 Å². The third-order valence-corrected chi connectivity index (χ3v) is 6.19. The first-order valence-corrected chi connectivity index (χ1v) is 10.9. The number of pyridine rings is 1. The van der Waals surface area contributed by atoms with Crippen LogP contribution < -0.4 is 16.0 Å². The number of nitrogens with zero attached hydrogens (tertiary/aromatic N) is 6. The number of rotatable bonds is 4. The molecule has 8 nitrogen and oxygen atoms in total. The van der Waals surface area contributed by atoms with Crippen molar-refractivity contribution >= 4 is 22.8 Å². The molecule has 5 rings (SSSR count). The Labute approximate surface area is 182 Å². The van der Waals surface area contributed by atoms with E-state index in [-0.39, 0.29) is 17.3 Å². The maximum absolute atomic E-state index is 15.5. The molecule has 1 aliphatic rings. The number of aromatic nitrogens is 5. The fourth-order valence-electron chi connectivity index (χ4n) is 3.83. The molecule has 158 valence electrons. The maximum Gasteiger partial charge on any atom is 0.190 e. The van der Waals surface area contributed by atoms with Gasteiger partial charge in [-0.25, -0.2) is 9.37 Å². The van der Waals surface area contributed by atoms with E-state index in [2.05, 4.69) is 30.7 Å². The monoisotopic (exact) mass is 436 g/mol. The molecule has 0 atom stereocenters. The Bertz CT molecular complexity index is 1210. The number of hydrogen-bond donors (Lipinski definition) is 2. The van der Waals surface area contributed by atoms with E-state index in [1.54, 1.807) is 30.5 Å². The first-order valence-electron chi connectivity index (χ1n) is 9.95. The second-order valence-electron chi connectivity index (χ2n) is 7.36. The van der Waals surface area contributed by atoms with E-state index < -0.39 is 0 Å². The molecule has 0 unspecified atom stereocenters. The van der Waals surface area contributed by atoms with Gasteiger partial charge in [-0.3, -0.25) is 0 Å². The molecule has 1 aliphatic heterocycles. The lowest BCUT2D eigenvalue weighted by Crippen LogP contribution is -2.43. The first-order chi connectivity index (χ1) is 15.1. The zero-order valence-electron chi connectivity index (χ0n) is 16.9. The number of benzene rings is 1. The highest BCUT2D eigenvalue weighted by molar-refractivity contribution is 7.08. The van der Waals surface area contributed by atoms with E-state index in [0.29, 0.717) is 17.0 Å². The lowest BCUT2D eigenvalue weighted by molar-refractivity contribution is 0.577. The molecule has 0 amide bonds. The minimum Gasteiger partial charge on any atom is -0.383 e. The smallest absolute Gasteiger partial charge is 0.190 e. The van der Waals surface area contributed by atoms with Crippen molar-refractivity contribution in [2.24, 2.45) is 0 Å². The molecule has 10 heteroatoms. The third kappa shape index (κ3) is 3.53. The van der Waals surface area contributed by atoms with Crippen LogP contribution in [-0.2, 0) is 0 Å². The Morgan fingerprint density at radius 1 is 1.13 bits per heavy atom. The molecule has 3 N–H and O–H groups in total. The van der Waals surface area contributed by atoms with Crippen LogP contribution in [0.25, 0.3) is 28.2 Å². The number of tetrazole rings is 1. The van der Waals surface area contributed by atoms with Gasteiger partial charge in [-0.15, -0.1) is 5.10 Å². The summed E-state index contributed by atoms with van der Waals surface area (Å²) < 4.78 is 16.9. The van der Waals surface area contributed by atoms with Gasteiger partial charge in [-0.2, -0.15) is 16.0 Å². The van der Waals surface area contributed by atoms with Crippen molar-refractivity contribution in [1.29, 1.82) is 0 Å². The van der Waals surface area contributed by atoms with Crippen molar-refractivity contribution in [3.05, 3.63) is 52.6 Å². The van der Waals surface area contributed by atoms with Crippen molar-refractivity contribution in [2.75, 3.05) is 36.8 Å². The Balaban J connectivity index is 1.57. The second-order valence-corrected chi connectivity index (χ2v) is 8.14. The Hall–Kier alpha value is -3.37. The van der Waals surface area contributed by atoms with E-state index in [9.17, 15) is 0 Å². The molecule has 1 fully saturated rings. The first kappa shape index (κ1) is 19.6. The highest BCUT2D eigenvalue weighted by Gasteiger charge is 2.22. The molecule has 0 spiro atoms. The minimum absolute atomic E-state index is 0.275. The lowest BCUT2D eigenvalue weighted by Gasteiger charge is -2.31. The predicted octanol–water partition coefficient (Wildman–Crippen LogP) is 2.89. The fraction of sp³-hybridized carbons (Fsp3) is 0.238. The number of hydrogen-bond acceptors (Lipinski definition) is 8. The Kier molecular flexibility index (Phi) is 5.08.